The number of pyridine rings is 1. The topological polar surface area (TPSA) is 62.3 Å². The highest BCUT2D eigenvalue weighted by molar-refractivity contribution is 8.00. The number of thioether (sulfide) groups is 1. The number of hydrogen-bond acceptors (Lipinski definition) is 4. The van der Waals surface area contributed by atoms with Crippen LogP contribution in [0.2, 0.25) is 5.02 Å². The van der Waals surface area contributed by atoms with Gasteiger partial charge in [-0.2, -0.15) is 0 Å². The summed E-state index contributed by atoms with van der Waals surface area (Å²) in [6.45, 7) is 3.33. The van der Waals surface area contributed by atoms with E-state index in [-0.39, 0.29) is 16.8 Å². The number of nitrogens with zero attached hydrogens (tertiary/aromatic N) is 2. The number of hydrogen-bond donors (Lipinski definition) is 1. The van der Waals surface area contributed by atoms with Gasteiger partial charge < -0.3 is 10.2 Å². The number of anilines is 1. The number of carbonyl (C=O) groups is 2. The van der Waals surface area contributed by atoms with Crippen molar-refractivity contribution in [2.24, 2.45) is 0 Å². The van der Waals surface area contributed by atoms with Crippen LogP contribution in [0.15, 0.2) is 41.6 Å². The van der Waals surface area contributed by atoms with Crippen molar-refractivity contribution < 1.29 is 14.0 Å². The van der Waals surface area contributed by atoms with Gasteiger partial charge in [-0.25, -0.2) is 9.37 Å². The number of amides is 2. The van der Waals surface area contributed by atoms with E-state index in [1.165, 1.54) is 30.0 Å². The van der Waals surface area contributed by atoms with Crippen molar-refractivity contribution in [2.75, 3.05) is 18.4 Å². The molecule has 0 bridgehead atoms. The van der Waals surface area contributed by atoms with Crippen LogP contribution in [0.25, 0.3) is 0 Å². The molecule has 0 aliphatic carbocycles. The Morgan fingerprint density at radius 2 is 2.00 bits per heavy atom. The first kappa shape index (κ1) is 19.6. The molecule has 1 atom stereocenters. The highest BCUT2D eigenvalue weighted by Gasteiger charge is 2.20. The van der Waals surface area contributed by atoms with Gasteiger partial charge >= 0.3 is 0 Å². The van der Waals surface area contributed by atoms with Crippen LogP contribution in [0.3, 0.4) is 0 Å². The average molecular weight is 408 g/mol. The summed E-state index contributed by atoms with van der Waals surface area (Å²) in [6, 6.07) is 7.50. The number of likely N-dealkylation sites (tertiary alicyclic amines) is 1. The molecule has 0 saturated carbocycles. The normalized spacial score (nSPS) is 14.9. The van der Waals surface area contributed by atoms with Gasteiger partial charge in [-0.1, -0.05) is 23.4 Å². The van der Waals surface area contributed by atoms with Gasteiger partial charge in [0.05, 0.1) is 20.9 Å². The van der Waals surface area contributed by atoms with Crippen LogP contribution >= 0.6 is 23.4 Å². The Morgan fingerprint density at radius 3 is 2.63 bits per heavy atom. The zero-order chi connectivity index (χ0) is 19.4. The van der Waals surface area contributed by atoms with Gasteiger partial charge in [0.1, 0.15) is 5.82 Å². The molecule has 1 aliphatic rings. The molecule has 2 amide bonds. The van der Waals surface area contributed by atoms with Crippen molar-refractivity contribution in [1.82, 2.24) is 9.88 Å². The maximum atomic E-state index is 13.2. The van der Waals surface area contributed by atoms with E-state index in [1.807, 2.05) is 4.90 Å². The summed E-state index contributed by atoms with van der Waals surface area (Å²) in [7, 11) is 0. The Balaban J connectivity index is 1.58. The van der Waals surface area contributed by atoms with E-state index in [0.29, 0.717) is 16.3 Å². The van der Waals surface area contributed by atoms with E-state index in [2.05, 4.69) is 10.3 Å². The van der Waals surface area contributed by atoms with Gasteiger partial charge in [-0.3, -0.25) is 9.59 Å². The lowest BCUT2D eigenvalue weighted by atomic mass is 10.2. The molecule has 1 unspecified atom stereocenters. The Kier molecular flexibility index (Phi) is 6.34. The molecule has 1 N–H and O–H groups in total. The van der Waals surface area contributed by atoms with E-state index >= 15 is 0 Å². The quantitative estimate of drug-likeness (QED) is 0.753. The van der Waals surface area contributed by atoms with Gasteiger partial charge in [0.15, 0.2) is 0 Å². The van der Waals surface area contributed by atoms with Crippen molar-refractivity contribution in [3.05, 3.63) is 52.9 Å². The zero-order valence-corrected chi connectivity index (χ0v) is 16.3. The second-order valence-corrected chi connectivity index (χ2v) is 8.03. The second kappa shape index (κ2) is 8.71. The summed E-state index contributed by atoms with van der Waals surface area (Å²) >= 11 is 7.00. The number of benzene rings is 1. The molecule has 27 heavy (non-hydrogen) atoms. The minimum Gasteiger partial charge on any atom is -0.339 e. The molecular weight excluding hydrogens is 389 g/mol. The Hall–Kier alpha value is -2.12. The number of aromatic nitrogens is 1. The summed E-state index contributed by atoms with van der Waals surface area (Å²) in [5, 5.41) is 2.87. The second-order valence-electron chi connectivity index (χ2n) is 6.26. The lowest BCUT2D eigenvalue weighted by Gasteiger charge is -2.15. The number of halogens is 2. The molecule has 2 heterocycles. The average Bonchev–Trinajstić information content (AvgIpc) is 3.19. The van der Waals surface area contributed by atoms with Crippen LogP contribution in [0, 0.1) is 5.82 Å². The number of nitrogens with one attached hydrogen (secondary N) is 1. The molecule has 0 spiro atoms. The predicted molar refractivity (Wildman–Crippen MR) is 105 cm³/mol. The molecule has 8 heteroatoms. The zero-order valence-electron chi connectivity index (χ0n) is 14.7. The predicted octanol–water partition coefficient (Wildman–Crippen LogP) is 4.23. The molecule has 1 aromatic carbocycles. The number of rotatable bonds is 5. The highest BCUT2D eigenvalue weighted by Crippen LogP contribution is 2.24. The first-order valence-electron chi connectivity index (χ1n) is 8.62. The standard InChI is InChI=1S/C19H19ClFN3O2S/c1-12(18(25)23-14-5-6-16(21)15(20)10-14)27-17-7-4-13(11-22-17)19(26)24-8-2-3-9-24/h4-7,10-12H,2-3,8-9H2,1H3,(H,23,25). The fourth-order valence-corrected chi connectivity index (χ4v) is 3.70. The van der Waals surface area contributed by atoms with E-state index in [4.69, 9.17) is 11.6 Å². The van der Waals surface area contributed by atoms with Crippen LogP contribution < -0.4 is 5.32 Å². The minimum absolute atomic E-state index is 0.00414. The summed E-state index contributed by atoms with van der Waals surface area (Å²) in [4.78, 5) is 30.7. The van der Waals surface area contributed by atoms with Crippen LogP contribution in [-0.2, 0) is 4.79 Å². The van der Waals surface area contributed by atoms with Gasteiger partial charge in [0.25, 0.3) is 5.91 Å². The molecule has 1 aliphatic heterocycles. The van der Waals surface area contributed by atoms with Crippen LogP contribution in [0.5, 0.6) is 0 Å². The van der Waals surface area contributed by atoms with Gasteiger partial charge in [-0.05, 0) is 50.1 Å². The molecule has 3 rings (SSSR count). The smallest absolute Gasteiger partial charge is 0.255 e. The summed E-state index contributed by atoms with van der Waals surface area (Å²) < 4.78 is 13.2. The third kappa shape index (κ3) is 4.99. The first-order valence-corrected chi connectivity index (χ1v) is 9.87. The lowest BCUT2D eigenvalue weighted by Crippen LogP contribution is -2.27. The fourth-order valence-electron chi connectivity index (χ4n) is 2.73. The van der Waals surface area contributed by atoms with Crippen molar-refractivity contribution in [3.8, 4) is 0 Å². The minimum atomic E-state index is -0.537. The van der Waals surface area contributed by atoms with E-state index in [1.54, 1.807) is 25.3 Å². The largest absolute Gasteiger partial charge is 0.339 e. The molecule has 1 fully saturated rings. The number of carbonyl (C=O) groups excluding carboxylic acids is 2. The summed E-state index contributed by atoms with van der Waals surface area (Å²) in [5.74, 6) is -0.790. The van der Waals surface area contributed by atoms with Crippen LogP contribution in [0.1, 0.15) is 30.1 Å². The van der Waals surface area contributed by atoms with Crippen LogP contribution in [0.4, 0.5) is 10.1 Å². The lowest BCUT2D eigenvalue weighted by molar-refractivity contribution is -0.115. The molecule has 1 aromatic heterocycles. The molecular formula is C19H19ClFN3O2S. The van der Waals surface area contributed by atoms with E-state index < -0.39 is 11.1 Å². The van der Waals surface area contributed by atoms with E-state index in [0.717, 1.165) is 25.9 Å². The van der Waals surface area contributed by atoms with Gasteiger partial charge in [0.2, 0.25) is 5.91 Å². The van der Waals surface area contributed by atoms with E-state index in [9.17, 15) is 14.0 Å². The Bertz CT molecular complexity index is 841. The first-order chi connectivity index (χ1) is 12.9. The summed E-state index contributed by atoms with van der Waals surface area (Å²) in [5.41, 5.74) is 0.984. The molecule has 1 saturated heterocycles. The molecule has 2 aromatic rings. The third-order valence-electron chi connectivity index (χ3n) is 4.23. The SMILES string of the molecule is CC(Sc1ccc(C(=O)N2CCCC2)cn1)C(=O)Nc1ccc(F)c(Cl)c1. The molecule has 142 valence electrons. The van der Waals surface area contributed by atoms with Gasteiger partial charge in [-0.15, -0.1) is 0 Å². The van der Waals surface area contributed by atoms with Crippen molar-refractivity contribution >= 4 is 40.9 Å². The highest BCUT2D eigenvalue weighted by atomic mass is 35.5. The van der Waals surface area contributed by atoms with Crippen molar-refractivity contribution in [1.29, 1.82) is 0 Å². The molecule has 0 radical (unpaired) electrons. The Labute approximate surface area is 166 Å². The van der Waals surface area contributed by atoms with Crippen molar-refractivity contribution in [2.45, 2.75) is 30.0 Å². The van der Waals surface area contributed by atoms with Crippen LogP contribution in [-0.4, -0.2) is 40.0 Å². The molecule has 5 nitrogen and oxygen atoms in total. The van der Waals surface area contributed by atoms with Gasteiger partial charge in [0, 0.05) is 25.0 Å². The van der Waals surface area contributed by atoms with Crippen molar-refractivity contribution in [3.63, 3.8) is 0 Å². The monoisotopic (exact) mass is 407 g/mol. The Morgan fingerprint density at radius 1 is 1.26 bits per heavy atom. The third-order valence-corrected chi connectivity index (χ3v) is 5.57. The maximum absolute atomic E-state index is 13.2. The summed E-state index contributed by atoms with van der Waals surface area (Å²) in [6.07, 6.45) is 3.63. The fraction of sp³-hybridized carbons (Fsp3) is 0.316. The maximum Gasteiger partial charge on any atom is 0.255 e.